The number of nitrogens with zero attached hydrogens (tertiary/aromatic N) is 1. The SMILES string of the molecule is CCCOC(=O)c1ccc(Oc2coc3cc(OC(=O)N4CCOCC4)ccc3c2=O)cc1. The summed E-state index contributed by atoms with van der Waals surface area (Å²) in [5.74, 6) is 0.201. The van der Waals surface area contributed by atoms with Crippen LogP contribution in [0.15, 0.2) is 57.9 Å². The standard InChI is InChI=1S/C24H23NO8/c1-2-11-30-23(27)16-3-5-17(6-4-16)32-21-15-31-20-14-18(7-8-19(20)22(21)26)33-24(28)25-9-12-29-13-10-25/h3-8,14-15H,2,9-13H2,1H3. The zero-order valence-electron chi connectivity index (χ0n) is 18.1. The first-order chi connectivity index (χ1) is 16.0. The van der Waals surface area contributed by atoms with Gasteiger partial charge in [0.05, 0.1) is 30.8 Å². The van der Waals surface area contributed by atoms with Crippen LogP contribution in [0, 0.1) is 0 Å². The Hall–Kier alpha value is -3.85. The van der Waals surface area contributed by atoms with Crippen molar-refractivity contribution in [3.8, 4) is 17.2 Å². The van der Waals surface area contributed by atoms with Crippen LogP contribution in [0.2, 0.25) is 0 Å². The maximum atomic E-state index is 12.8. The van der Waals surface area contributed by atoms with Gasteiger partial charge in [-0.3, -0.25) is 4.79 Å². The molecule has 9 nitrogen and oxygen atoms in total. The van der Waals surface area contributed by atoms with Gasteiger partial charge in [-0.2, -0.15) is 0 Å². The Kier molecular flexibility index (Phi) is 6.89. The molecule has 0 spiro atoms. The number of esters is 1. The summed E-state index contributed by atoms with van der Waals surface area (Å²) in [4.78, 5) is 38.5. The van der Waals surface area contributed by atoms with Crippen molar-refractivity contribution in [2.45, 2.75) is 13.3 Å². The van der Waals surface area contributed by atoms with Gasteiger partial charge >= 0.3 is 12.1 Å². The van der Waals surface area contributed by atoms with Crippen LogP contribution in [0.4, 0.5) is 4.79 Å². The Morgan fingerprint density at radius 1 is 1.03 bits per heavy atom. The van der Waals surface area contributed by atoms with E-state index >= 15 is 0 Å². The molecule has 1 amide bonds. The van der Waals surface area contributed by atoms with Crippen LogP contribution in [-0.2, 0) is 9.47 Å². The summed E-state index contributed by atoms with van der Waals surface area (Å²) in [6.07, 6.45) is 1.45. The highest BCUT2D eigenvalue weighted by Gasteiger charge is 2.19. The third-order valence-corrected chi connectivity index (χ3v) is 4.94. The molecule has 0 radical (unpaired) electrons. The minimum absolute atomic E-state index is 0.0122. The Labute approximate surface area is 189 Å². The van der Waals surface area contributed by atoms with Crippen molar-refractivity contribution in [3.63, 3.8) is 0 Å². The van der Waals surface area contributed by atoms with Crippen LogP contribution in [0.3, 0.4) is 0 Å². The largest absolute Gasteiger partial charge is 0.462 e. The van der Waals surface area contributed by atoms with Gasteiger partial charge in [0, 0.05) is 19.2 Å². The maximum Gasteiger partial charge on any atom is 0.415 e. The lowest BCUT2D eigenvalue weighted by molar-refractivity contribution is 0.0416. The van der Waals surface area contributed by atoms with E-state index in [2.05, 4.69) is 0 Å². The molecule has 1 aromatic heterocycles. The van der Waals surface area contributed by atoms with E-state index in [0.717, 1.165) is 6.42 Å². The van der Waals surface area contributed by atoms with Crippen LogP contribution in [0.1, 0.15) is 23.7 Å². The lowest BCUT2D eigenvalue weighted by Gasteiger charge is -2.25. The number of benzene rings is 2. The Morgan fingerprint density at radius 2 is 1.76 bits per heavy atom. The average Bonchev–Trinajstić information content (AvgIpc) is 2.85. The first-order valence-corrected chi connectivity index (χ1v) is 10.6. The van der Waals surface area contributed by atoms with Gasteiger partial charge in [-0.25, -0.2) is 9.59 Å². The lowest BCUT2D eigenvalue weighted by atomic mass is 10.2. The van der Waals surface area contributed by atoms with Gasteiger partial charge in [0.15, 0.2) is 0 Å². The summed E-state index contributed by atoms with van der Waals surface area (Å²) >= 11 is 0. The highest BCUT2D eigenvalue weighted by molar-refractivity contribution is 5.89. The molecule has 33 heavy (non-hydrogen) atoms. The number of hydrogen-bond donors (Lipinski definition) is 0. The predicted octanol–water partition coefficient (Wildman–Crippen LogP) is 3.98. The van der Waals surface area contributed by atoms with Crippen molar-refractivity contribution in [1.82, 2.24) is 4.90 Å². The van der Waals surface area contributed by atoms with Gasteiger partial charge < -0.3 is 28.3 Å². The molecule has 2 heterocycles. The number of ether oxygens (including phenoxy) is 4. The van der Waals surface area contributed by atoms with Crippen LogP contribution < -0.4 is 14.9 Å². The third-order valence-electron chi connectivity index (χ3n) is 4.94. The molecule has 0 atom stereocenters. The summed E-state index contributed by atoms with van der Waals surface area (Å²) in [6, 6.07) is 10.8. The van der Waals surface area contributed by atoms with Crippen molar-refractivity contribution >= 4 is 23.0 Å². The van der Waals surface area contributed by atoms with Crippen molar-refractivity contribution in [1.29, 1.82) is 0 Å². The van der Waals surface area contributed by atoms with E-state index < -0.39 is 12.1 Å². The summed E-state index contributed by atoms with van der Waals surface area (Å²) < 4.78 is 26.9. The van der Waals surface area contributed by atoms with Gasteiger partial charge in [0.2, 0.25) is 11.2 Å². The third kappa shape index (κ3) is 5.32. The monoisotopic (exact) mass is 453 g/mol. The van der Waals surface area contributed by atoms with E-state index in [-0.39, 0.29) is 27.9 Å². The summed E-state index contributed by atoms with van der Waals surface area (Å²) in [7, 11) is 0. The van der Waals surface area contributed by atoms with E-state index in [1.807, 2.05) is 6.92 Å². The molecule has 0 N–H and O–H groups in total. The number of hydrogen-bond acceptors (Lipinski definition) is 8. The molecule has 1 aliphatic rings. The summed E-state index contributed by atoms with van der Waals surface area (Å²) in [6.45, 7) is 4.13. The van der Waals surface area contributed by atoms with E-state index in [1.54, 1.807) is 29.2 Å². The highest BCUT2D eigenvalue weighted by atomic mass is 16.6. The van der Waals surface area contributed by atoms with Gasteiger partial charge in [-0.1, -0.05) is 6.92 Å². The molecule has 0 aliphatic carbocycles. The van der Waals surface area contributed by atoms with E-state index in [9.17, 15) is 14.4 Å². The molecule has 9 heteroatoms. The molecule has 0 saturated carbocycles. The molecule has 3 aromatic rings. The van der Waals surface area contributed by atoms with Crippen molar-refractivity contribution in [3.05, 3.63) is 64.5 Å². The topological polar surface area (TPSA) is 105 Å². The van der Waals surface area contributed by atoms with E-state index in [4.69, 9.17) is 23.4 Å². The molecule has 4 rings (SSSR count). The number of carbonyl (C=O) groups excluding carboxylic acids is 2. The number of amides is 1. The average molecular weight is 453 g/mol. The first kappa shape index (κ1) is 22.3. The van der Waals surface area contributed by atoms with Crippen LogP contribution >= 0.6 is 0 Å². The van der Waals surface area contributed by atoms with Gasteiger partial charge in [0.1, 0.15) is 23.3 Å². The fourth-order valence-corrected chi connectivity index (χ4v) is 3.20. The molecule has 1 fully saturated rings. The van der Waals surface area contributed by atoms with Gasteiger partial charge in [0.25, 0.3) is 0 Å². The normalized spacial score (nSPS) is 13.5. The summed E-state index contributed by atoms with van der Waals surface area (Å²) in [5, 5.41) is 0.276. The minimum atomic E-state index is -0.484. The minimum Gasteiger partial charge on any atom is -0.462 e. The molecule has 0 unspecified atom stereocenters. The van der Waals surface area contributed by atoms with E-state index in [1.165, 1.54) is 24.5 Å². The van der Waals surface area contributed by atoms with Crippen molar-refractivity contribution < 1.29 is 33.0 Å². The highest BCUT2D eigenvalue weighted by Crippen LogP contribution is 2.25. The van der Waals surface area contributed by atoms with Crippen molar-refractivity contribution in [2.75, 3.05) is 32.9 Å². The quantitative estimate of drug-likeness (QED) is 0.516. The predicted molar refractivity (Wildman–Crippen MR) is 118 cm³/mol. The summed E-state index contributed by atoms with van der Waals surface area (Å²) in [5.41, 5.74) is 0.267. The van der Waals surface area contributed by atoms with Crippen LogP contribution in [-0.4, -0.2) is 49.9 Å². The molecular formula is C24H23NO8. The first-order valence-electron chi connectivity index (χ1n) is 10.6. The Balaban J connectivity index is 1.46. The van der Waals surface area contributed by atoms with Crippen molar-refractivity contribution in [2.24, 2.45) is 0 Å². The smallest absolute Gasteiger partial charge is 0.415 e. The fourth-order valence-electron chi connectivity index (χ4n) is 3.20. The zero-order valence-corrected chi connectivity index (χ0v) is 18.1. The number of rotatable bonds is 6. The second-order valence-electron chi connectivity index (χ2n) is 7.32. The van der Waals surface area contributed by atoms with Crippen LogP contribution in [0.5, 0.6) is 17.2 Å². The number of fused-ring (bicyclic) bond motifs is 1. The van der Waals surface area contributed by atoms with E-state index in [0.29, 0.717) is 44.2 Å². The maximum absolute atomic E-state index is 12.8. The van der Waals surface area contributed by atoms with Gasteiger partial charge in [-0.05, 0) is 42.8 Å². The second-order valence-corrected chi connectivity index (χ2v) is 7.32. The zero-order chi connectivity index (χ0) is 23.2. The second kappa shape index (κ2) is 10.2. The Bertz CT molecular complexity index is 1200. The number of morpholine rings is 1. The number of carbonyl (C=O) groups is 2. The van der Waals surface area contributed by atoms with Crippen LogP contribution in [0.25, 0.3) is 11.0 Å². The molecule has 172 valence electrons. The van der Waals surface area contributed by atoms with Gasteiger partial charge in [-0.15, -0.1) is 0 Å². The lowest BCUT2D eigenvalue weighted by Crippen LogP contribution is -2.42. The molecule has 1 saturated heterocycles. The Morgan fingerprint density at radius 3 is 2.48 bits per heavy atom. The molecule has 1 aliphatic heterocycles. The molecule has 2 aromatic carbocycles. The fraction of sp³-hybridized carbons (Fsp3) is 0.292. The molecule has 0 bridgehead atoms. The molecular weight excluding hydrogens is 430 g/mol.